The second-order valence-electron chi connectivity index (χ2n) is 8.07. The topological polar surface area (TPSA) is 117 Å². The number of pyridine rings is 1. The van der Waals surface area contributed by atoms with Gasteiger partial charge in [-0.3, -0.25) is 4.79 Å². The number of fused-ring (bicyclic) bond motifs is 1. The molecule has 0 saturated carbocycles. The lowest BCUT2D eigenvalue weighted by molar-refractivity contribution is -0.134. The van der Waals surface area contributed by atoms with Gasteiger partial charge in [-0.05, 0) is 62.0 Å². The van der Waals surface area contributed by atoms with Crippen molar-refractivity contribution in [3.63, 3.8) is 0 Å². The number of rotatable bonds is 10. The van der Waals surface area contributed by atoms with E-state index in [1.54, 1.807) is 30.6 Å². The number of ether oxygens (including phenoxy) is 2. The van der Waals surface area contributed by atoms with Gasteiger partial charge in [0.15, 0.2) is 11.3 Å². The first-order valence-electron chi connectivity index (χ1n) is 11.5. The molecule has 3 aromatic rings. The third-order valence-corrected chi connectivity index (χ3v) is 5.89. The van der Waals surface area contributed by atoms with Crippen LogP contribution < -0.4 is 10.1 Å². The molecule has 0 aliphatic carbocycles. The lowest BCUT2D eigenvalue weighted by Gasteiger charge is -2.18. The summed E-state index contributed by atoms with van der Waals surface area (Å²) in [5.74, 6) is -1.55. The number of carbonyl (C=O) groups is 2. The van der Waals surface area contributed by atoms with Crippen molar-refractivity contribution >= 4 is 34.5 Å². The van der Waals surface area contributed by atoms with E-state index in [1.165, 1.54) is 6.08 Å². The Hall–Kier alpha value is -4.11. The maximum atomic E-state index is 12.8. The SMILES string of the molecule is CCN(CC)CCOc1ccc(NC2=C(C(=O)O)C(=O)/C(=C/c3c[nH]c4ncccc34)O2)c(C)c1. The number of likely N-dealkylation sites (N-methyl/N-ethyl adjacent to an activating group) is 1. The molecule has 35 heavy (non-hydrogen) atoms. The maximum Gasteiger partial charge on any atom is 0.345 e. The number of anilines is 1. The summed E-state index contributed by atoms with van der Waals surface area (Å²) >= 11 is 0. The van der Waals surface area contributed by atoms with Gasteiger partial charge in [0.2, 0.25) is 11.7 Å². The monoisotopic (exact) mass is 476 g/mol. The molecule has 0 saturated heterocycles. The fraction of sp³-hybridized carbons (Fsp3) is 0.269. The number of hydrogen-bond donors (Lipinski definition) is 3. The van der Waals surface area contributed by atoms with Crippen LogP contribution in [0.25, 0.3) is 17.1 Å². The third kappa shape index (κ3) is 5.20. The standard InChI is InChI=1S/C26H28N4O5/c1-4-30(5-2)11-12-34-18-8-9-20(16(3)13-18)29-25-22(26(32)33)23(31)21(35-25)14-17-15-28-24-19(17)7-6-10-27-24/h6-10,13-15,29H,4-5,11-12H2,1-3H3,(H,27,28)(H,32,33)/b21-14-. The number of allylic oxidation sites excluding steroid dienone is 1. The van der Waals surface area contributed by atoms with Gasteiger partial charge in [0.05, 0.1) is 0 Å². The van der Waals surface area contributed by atoms with E-state index >= 15 is 0 Å². The van der Waals surface area contributed by atoms with Crippen LogP contribution in [-0.2, 0) is 14.3 Å². The number of benzene rings is 1. The van der Waals surface area contributed by atoms with Gasteiger partial charge in [-0.2, -0.15) is 0 Å². The molecule has 0 radical (unpaired) electrons. The molecular weight excluding hydrogens is 448 g/mol. The molecule has 0 unspecified atom stereocenters. The van der Waals surface area contributed by atoms with Crippen molar-refractivity contribution in [2.45, 2.75) is 20.8 Å². The number of aryl methyl sites for hydroxylation is 1. The van der Waals surface area contributed by atoms with Crippen molar-refractivity contribution in [2.75, 3.05) is 31.6 Å². The van der Waals surface area contributed by atoms with Crippen LogP contribution in [0.4, 0.5) is 5.69 Å². The molecule has 182 valence electrons. The normalized spacial score (nSPS) is 14.7. The van der Waals surface area contributed by atoms with Crippen molar-refractivity contribution < 1.29 is 24.2 Å². The average Bonchev–Trinajstić information content (AvgIpc) is 3.39. The highest BCUT2D eigenvalue weighted by molar-refractivity contribution is 6.26. The maximum absolute atomic E-state index is 12.8. The molecule has 9 heteroatoms. The van der Waals surface area contributed by atoms with Crippen LogP contribution in [0.2, 0.25) is 0 Å². The van der Waals surface area contributed by atoms with Crippen molar-refractivity contribution in [2.24, 2.45) is 0 Å². The summed E-state index contributed by atoms with van der Waals surface area (Å²) in [6.07, 6.45) is 4.86. The van der Waals surface area contributed by atoms with E-state index in [1.807, 2.05) is 19.1 Å². The van der Waals surface area contributed by atoms with Gasteiger partial charge in [0.1, 0.15) is 18.0 Å². The van der Waals surface area contributed by atoms with Gasteiger partial charge in [0, 0.05) is 35.6 Å². The van der Waals surface area contributed by atoms with Crippen molar-refractivity contribution in [1.29, 1.82) is 0 Å². The summed E-state index contributed by atoms with van der Waals surface area (Å²) in [4.78, 5) is 34.2. The molecule has 0 amide bonds. The predicted molar refractivity (Wildman–Crippen MR) is 133 cm³/mol. The molecular formula is C26H28N4O5. The summed E-state index contributed by atoms with van der Waals surface area (Å²) in [6.45, 7) is 9.43. The molecule has 1 aliphatic heterocycles. The molecule has 9 nitrogen and oxygen atoms in total. The summed E-state index contributed by atoms with van der Waals surface area (Å²) in [7, 11) is 0. The third-order valence-electron chi connectivity index (χ3n) is 5.89. The number of carboxylic acids is 1. The Morgan fingerprint density at radius 1 is 1.29 bits per heavy atom. The highest BCUT2D eigenvalue weighted by Gasteiger charge is 2.36. The smallest absolute Gasteiger partial charge is 0.345 e. The van der Waals surface area contributed by atoms with E-state index in [4.69, 9.17) is 9.47 Å². The van der Waals surface area contributed by atoms with E-state index in [0.717, 1.165) is 30.6 Å². The molecule has 1 aromatic carbocycles. The van der Waals surface area contributed by atoms with Crippen LogP contribution >= 0.6 is 0 Å². The quantitative estimate of drug-likeness (QED) is 0.298. The van der Waals surface area contributed by atoms with Crippen molar-refractivity contribution in [1.82, 2.24) is 14.9 Å². The fourth-order valence-electron chi connectivity index (χ4n) is 3.87. The minimum absolute atomic E-state index is 0.0799. The number of carboxylic acid groups (broad SMARTS) is 1. The van der Waals surface area contributed by atoms with E-state index in [-0.39, 0.29) is 11.6 Å². The molecule has 0 fully saturated rings. The van der Waals surface area contributed by atoms with Gasteiger partial charge < -0.3 is 29.8 Å². The molecule has 4 rings (SSSR count). The fourth-order valence-corrected chi connectivity index (χ4v) is 3.87. The van der Waals surface area contributed by atoms with Crippen LogP contribution in [0.15, 0.2) is 59.9 Å². The van der Waals surface area contributed by atoms with Gasteiger partial charge in [-0.1, -0.05) is 13.8 Å². The molecule has 2 aromatic heterocycles. The largest absolute Gasteiger partial charge is 0.492 e. The molecule has 0 spiro atoms. The zero-order valence-corrected chi connectivity index (χ0v) is 19.9. The van der Waals surface area contributed by atoms with Gasteiger partial charge >= 0.3 is 5.97 Å². The highest BCUT2D eigenvalue weighted by Crippen LogP contribution is 2.31. The number of aromatic nitrogens is 2. The Morgan fingerprint density at radius 3 is 2.80 bits per heavy atom. The minimum atomic E-state index is -1.37. The zero-order chi connectivity index (χ0) is 24.9. The number of Topliss-reactive ketones (excluding diaryl/α,β-unsaturated/α-hetero) is 1. The Morgan fingerprint density at radius 2 is 2.09 bits per heavy atom. The highest BCUT2D eigenvalue weighted by atomic mass is 16.5. The first-order valence-corrected chi connectivity index (χ1v) is 11.5. The van der Waals surface area contributed by atoms with Gasteiger partial charge in [-0.25, -0.2) is 9.78 Å². The van der Waals surface area contributed by atoms with Crippen LogP contribution in [0, 0.1) is 6.92 Å². The number of carbonyl (C=O) groups excluding carboxylic acids is 1. The van der Waals surface area contributed by atoms with E-state index in [0.29, 0.717) is 29.3 Å². The Bertz CT molecular complexity index is 1320. The predicted octanol–water partition coefficient (Wildman–Crippen LogP) is 3.94. The second kappa shape index (κ2) is 10.4. The van der Waals surface area contributed by atoms with Gasteiger partial charge in [-0.15, -0.1) is 0 Å². The number of ketones is 1. The Balaban J connectivity index is 1.51. The molecule has 0 bridgehead atoms. The molecule has 1 aliphatic rings. The molecule has 3 heterocycles. The van der Waals surface area contributed by atoms with Crippen LogP contribution in [-0.4, -0.2) is 58.0 Å². The summed E-state index contributed by atoms with van der Waals surface area (Å²) in [5, 5.41) is 13.4. The van der Waals surface area contributed by atoms with E-state index in [9.17, 15) is 14.7 Å². The van der Waals surface area contributed by atoms with Crippen molar-refractivity contribution in [3.05, 3.63) is 71.1 Å². The lowest BCUT2D eigenvalue weighted by atomic mass is 10.1. The number of aromatic amines is 1. The zero-order valence-electron chi connectivity index (χ0n) is 19.9. The Labute approximate surface area is 203 Å². The average molecular weight is 477 g/mol. The van der Waals surface area contributed by atoms with Crippen LogP contribution in [0.5, 0.6) is 5.75 Å². The van der Waals surface area contributed by atoms with Gasteiger partial charge in [0.25, 0.3) is 0 Å². The Kier molecular flexibility index (Phi) is 7.17. The molecule has 3 N–H and O–H groups in total. The van der Waals surface area contributed by atoms with Crippen molar-refractivity contribution in [3.8, 4) is 5.75 Å². The number of H-pyrrole nitrogens is 1. The van der Waals surface area contributed by atoms with E-state index < -0.39 is 17.3 Å². The number of nitrogens with zero attached hydrogens (tertiary/aromatic N) is 2. The second-order valence-corrected chi connectivity index (χ2v) is 8.07. The lowest BCUT2D eigenvalue weighted by Crippen LogP contribution is -2.27. The summed E-state index contributed by atoms with van der Waals surface area (Å²) < 4.78 is 11.6. The van der Waals surface area contributed by atoms with Crippen LogP contribution in [0.1, 0.15) is 25.0 Å². The van der Waals surface area contributed by atoms with Crippen LogP contribution in [0.3, 0.4) is 0 Å². The first-order chi connectivity index (χ1) is 16.9. The minimum Gasteiger partial charge on any atom is -0.492 e. The number of hydrogen-bond acceptors (Lipinski definition) is 7. The summed E-state index contributed by atoms with van der Waals surface area (Å²) in [5.41, 5.74) is 2.31. The first kappa shape index (κ1) is 24.0. The summed E-state index contributed by atoms with van der Waals surface area (Å²) in [6, 6.07) is 9.06. The number of nitrogens with one attached hydrogen (secondary N) is 2. The van der Waals surface area contributed by atoms with E-state index in [2.05, 4.69) is 34.0 Å². The molecule has 0 atom stereocenters. The number of aliphatic carboxylic acids is 1.